The maximum atomic E-state index is 10.2. The zero-order valence-electron chi connectivity index (χ0n) is 8.42. The summed E-state index contributed by atoms with van der Waals surface area (Å²) in [5.41, 5.74) is 0. The molecule has 1 aromatic heterocycles. The van der Waals surface area contributed by atoms with Gasteiger partial charge in [0.2, 0.25) is 5.88 Å². The fourth-order valence-electron chi connectivity index (χ4n) is 0.845. The summed E-state index contributed by atoms with van der Waals surface area (Å²) in [6, 6.07) is 5.16. The van der Waals surface area contributed by atoms with Crippen molar-refractivity contribution >= 4 is 10.1 Å². The Hall–Kier alpha value is -0.140. The van der Waals surface area contributed by atoms with Crippen LogP contribution in [0.5, 0.6) is 5.88 Å². The molecule has 1 rings (SSSR count). The molecule has 15 heavy (non-hydrogen) atoms. The summed E-state index contributed by atoms with van der Waals surface area (Å²) in [4.78, 5) is 3.86. The molecule has 1 aromatic rings. The Bertz CT molecular complexity index is 367. The third-order valence-corrected chi connectivity index (χ3v) is 2.22. The average Bonchev–Trinajstić information content (AvgIpc) is 2.13. The van der Waals surface area contributed by atoms with Crippen molar-refractivity contribution in [2.24, 2.45) is 0 Å². The van der Waals surface area contributed by atoms with Crippen molar-refractivity contribution in [2.75, 3.05) is 12.4 Å². The molecule has 0 spiro atoms. The molecule has 0 unspecified atom stereocenters. The molecule has 0 saturated heterocycles. The number of ether oxygens (including phenoxy) is 1. The van der Waals surface area contributed by atoms with Gasteiger partial charge in [-0.1, -0.05) is 6.07 Å². The van der Waals surface area contributed by atoms with Crippen LogP contribution in [0.15, 0.2) is 24.4 Å². The van der Waals surface area contributed by atoms with E-state index in [2.05, 4.69) is 4.98 Å². The van der Waals surface area contributed by atoms with Crippen LogP contribution >= 0.6 is 0 Å². The summed E-state index contributed by atoms with van der Waals surface area (Å²) in [6.07, 6.45) is 1.75. The van der Waals surface area contributed by atoms with Gasteiger partial charge < -0.3 is 9.29 Å². The third-order valence-electron chi connectivity index (χ3n) is 1.43. The van der Waals surface area contributed by atoms with Crippen LogP contribution in [0.3, 0.4) is 0 Å². The molecular formula is C8H10NNaO4S. The van der Waals surface area contributed by atoms with E-state index in [0.29, 0.717) is 5.88 Å². The molecule has 5 nitrogen and oxygen atoms in total. The van der Waals surface area contributed by atoms with Gasteiger partial charge in [-0.2, -0.15) is 0 Å². The van der Waals surface area contributed by atoms with Crippen molar-refractivity contribution in [1.82, 2.24) is 4.98 Å². The van der Waals surface area contributed by atoms with E-state index in [1.807, 2.05) is 0 Å². The molecule has 0 N–H and O–H groups in total. The first-order chi connectivity index (χ1) is 6.58. The van der Waals surface area contributed by atoms with Gasteiger partial charge in [0.25, 0.3) is 0 Å². The minimum atomic E-state index is -4.13. The second-order valence-electron chi connectivity index (χ2n) is 2.63. The Kier molecular flexibility index (Phi) is 7.12. The zero-order chi connectivity index (χ0) is 10.4. The quantitative estimate of drug-likeness (QED) is 0.320. The summed E-state index contributed by atoms with van der Waals surface area (Å²) in [5, 5.41) is 0. The molecule has 78 valence electrons. The predicted octanol–water partition coefficient (Wildman–Crippen LogP) is -2.60. The molecule has 7 heteroatoms. The van der Waals surface area contributed by atoms with Crippen LogP contribution in [0.1, 0.15) is 6.42 Å². The number of nitrogens with zero attached hydrogens (tertiary/aromatic N) is 1. The molecule has 0 aliphatic heterocycles. The minimum absolute atomic E-state index is 0. The topological polar surface area (TPSA) is 79.3 Å². The van der Waals surface area contributed by atoms with Crippen LogP contribution in [0.4, 0.5) is 0 Å². The van der Waals surface area contributed by atoms with Crippen molar-refractivity contribution < 1.29 is 47.3 Å². The molecule has 0 saturated carbocycles. The van der Waals surface area contributed by atoms with Gasteiger partial charge in [-0.15, -0.1) is 0 Å². The van der Waals surface area contributed by atoms with E-state index in [9.17, 15) is 13.0 Å². The Morgan fingerprint density at radius 3 is 2.67 bits per heavy atom. The molecule has 0 aliphatic rings. The Balaban J connectivity index is 0.00000196. The van der Waals surface area contributed by atoms with Gasteiger partial charge in [-0.3, -0.25) is 0 Å². The van der Waals surface area contributed by atoms with Gasteiger partial charge >= 0.3 is 29.6 Å². The fraction of sp³-hybridized carbons (Fsp3) is 0.375. The fourth-order valence-corrected chi connectivity index (χ4v) is 1.32. The van der Waals surface area contributed by atoms with E-state index in [1.165, 1.54) is 0 Å². The van der Waals surface area contributed by atoms with Gasteiger partial charge in [0, 0.05) is 18.0 Å². The molecule has 0 amide bonds. The Morgan fingerprint density at radius 2 is 2.13 bits per heavy atom. The third kappa shape index (κ3) is 7.75. The first-order valence-electron chi connectivity index (χ1n) is 4.05. The largest absolute Gasteiger partial charge is 1.00 e. The summed E-state index contributed by atoms with van der Waals surface area (Å²) in [6.45, 7) is 0.179. The van der Waals surface area contributed by atoms with Crippen molar-refractivity contribution in [3.63, 3.8) is 0 Å². The number of rotatable bonds is 5. The molecule has 0 atom stereocenters. The van der Waals surface area contributed by atoms with Crippen LogP contribution in [0.25, 0.3) is 0 Å². The normalized spacial score (nSPS) is 10.5. The number of hydrogen-bond acceptors (Lipinski definition) is 5. The number of pyridine rings is 1. The van der Waals surface area contributed by atoms with E-state index in [1.54, 1.807) is 24.4 Å². The summed E-state index contributed by atoms with van der Waals surface area (Å²) in [5.74, 6) is 0.0237. The van der Waals surface area contributed by atoms with E-state index >= 15 is 0 Å². The Labute approximate surface area is 111 Å². The van der Waals surface area contributed by atoms with Crippen molar-refractivity contribution in [3.8, 4) is 5.88 Å². The van der Waals surface area contributed by atoms with E-state index in [4.69, 9.17) is 4.74 Å². The van der Waals surface area contributed by atoms with Crippen LogP contribution in [0, 0.1) is 0 Å². The Morgan fingerprint density at radius 1 is 1.40 bits per heavy atom. The maximum Gasteiger partial charge on any atom is 1.00 e. The molecule has 0 radical (unpaired) electrons. The first-order valence-corrected chi connectivity index (χ1v) is 5.63. The van der Waals surface area contributed by atoms with E-state index in [-0.39, 0.29) is 42.6 Å². The van der Waals surface area contributed by atoms with E-state index < -0.39 is 15.9 Å². The van der Waals surface area contributed by atoms with Crippen molar-refractivity contribution in [1.29, 1.82) is 0 Å². The van der Waals surface area contributed by atoms with Gasteiger partial charge in [0.05, 0.1) is 16.7 Å². The van der Waals surface area contributed by atoms with Gasteiger partial charge in [0.1, 0.15) is 0 Å². The first kappa shape index (κ1) is 14.9. The standard InChI is InChI=1S/C8H11NO4S.Na/c10-14(11,12)7-3-6-13-8-4-1-2-5-9-8;/h1-2,4-5H,3,6-7H2,(H,10,11,12);/q;+1/p-1. The van der Waals surface area contributed by atoms with Crippen LogP contribution in [-0.2, 0) is 10.1 Å². The van der Waals surface area contributed by atoms with Crippen LogP contribution in [-0.4, -0.2) is 30.3 Å². The van der Waals surface area contributed by atoms with E-state index in [0.717, 1.165) is 0 Å². The smallest absolute Gasteiger partial charge is 0.748 e. The maximum absolute atomic E-state index is 10.2. The van der Waals surface area contributed by atoms with Crippen molar-refractivity contribution in [2.45, 2.75) is 6.42 Å². The summed E-state index contributed by atoms with van der Waals surface area (Å²) < 4.78 is 35.7. The molecule has 0 aromatic carbocycles. The zero-order valence-corrected chi connectivity index (χ0v) is 11.2. The number of hydrogen-bond donors (Lipinski definition) is 0. The summed E-state index contributed by atoms with van der Waals surface area (Å²) in [7, 11) is -4.13. The second-order valence-corrected chi connectivity index (χ2v) is 4.16. The minimum Gasteiger partial charge on any atom is -0.748 e. The molecule has 0 bridgehead atoms. The predicted molar refractivity (Wildman–Crippen MR) is 48.9 cm³/mol. The monoisotopic (exact) mass is 239 g/mol. The molecule has 0 aliphatic carbocycles. The molecular weight excluding hydrogens is 229 g/mol. The number of aromatic nitrogens is 1. The van der Waals surface area contributed by atoms with Crippen molar-refractivity contribution in [3.05, 3.63) is 24.4 Å². The summed E-state index contributed by atoms with van der Waals surface area (Å²) >= 11 is 0. The average molecular weight is 239 g/mol. The van der Waals surface area contributed by atoms with Crippen LogP contribution in [0.2, 0.25) is 0 Å². The van der Waals surface area contributed by atoms with Crippen LogP contribution < -0.4 is 34.3 Å². The van der Waals surface area contributed by atoms with Gasteiger partial charge in [-0.25, -0.2) is 13.4 Å². The van der Waals surface area contributed by atoms with Gasteiger partial charge in [0.15, 0.2) is 0 Å². The second kappa shape index (κ2) is 7.19. The SMILES string of the molecule is O=S(=O)([O-])CCCOc1ccccn1.[Na+]. The molecule has 0 fully saturated rings. The van der Waals surface area contributed by atoms with Gasteiger partial charge in [-0.05, 0) is 12.5 Å². The molecule has 1 heterocycles.